The molecule has 0 aliphatic carbocycles. The van der Waals surface area contributed by atoms with Crippen LogP contribution in [-0.2, 0) is 15.5 Å². The predicted octanol–water partition coefficient (Wildman–Crippen LogP) is 2.59. The van der Waals surface area contributed by atoms with Crippen molar-refractivity contribution < 1.29 is 12.8 Å². The molecule has 0 bridgehead atoms. The molecule has 0 amide bonds. The lowest BCUT2D eigenvalue weighted by Crippen LogP contribution is -2.03. The fraction of sp³-hybridized carbons (Fsp3) is 0.250. The van der Waals surface area contributed by atoms with Gasteiger partial charge in [-0.25, -0.2) is 12.8 Å². The van der Waals surface area contributed by atoms with E-state index < -0.39 is 14.9 Å². The van der Waals surface area contributed by atoms with Crippen LogP contribution in [0.5, 0.6) is 0 Å². The molecule has 14 heavy (non-hydrogen) atoms. The molecule has 0 aromatic heterocycles. The van der Waals surface area contributed by atoms with E-state index in [9.17, 15) is 12.8 Å². The molecule has 0 saturated heterocycles. The van der Waals surface area contributed by atoms with Crippen LogP contribution in [0, 0.1) is 5.82 Å². The molecule has 1 aromatic rings. The van der Waals surface area contributed by atoms with Gasteiger partial charge >= 0.3 is 0 Å². The minimum Gasteiger partial charge on any atom is -0.212 e. The van der Waals surface area contributed by atoms with E-state index >= 15 is 0 Å². The minimum atomic E-state index is -3.61. The summed E-state index contributed by atoms with van der Waals surface area (Å²) in [5.41, 5.74) is 0.179. The summed E-state index contributed by atoms with van der Waals surface area (Å²) in [4.78, 5) is 0. The van der Waals surface area contributed by atoms with Crippen molar-refractivity contribution in [1.82, 2.24) is 0 Å². The molecule has 2 nitrogen and oxygen atoms in total. The number of hydrogen-bond donors (Lipinski definition) is 0. The lowest BCUT2D eigenvalue weighted by Gasteiger charge is -2.03. The Morgan fingerprint density at radius 1 is 1.36 bits per heavy atom. The number of rotatable bonds is 3. The van der Waals surface area contributed by atoms with Crippen LogP contribution >= 0.6 is 22.3 Å². The van der Waals surface area contributed by atoms with E-state index in [1.165, 1.54) is 18.2 Å². The van der Waals surface area contributed by atoms with Crippen molar-refractivity contribution in [3.05, 3.63) is 34.6 Å². The van der Waals surface area contributed by atoms with E-state index in [4.69, 9.17) is 22.3 Å². The Labute approximate surface area is 91.1 Å². The van der Waals surface area contributed by atoms with Gasteiger partial charge in [0.15, 0.2) is 0 Å². The monoisotopic (exact) mass is 256 g/mol. The molecule has 1 aromatic carbocycles. The maximum absolute atomic E-state index is 13.1. The first-order valence-corrected chi connectivity index (χ1v) is 6.61. The van der Waals surface area contributed by atoms with E-state index in [1.54, 1.807) is 0 Å². The highest BCUT2D eigenvalue weighted by atomic mass is 35.7. The first kappa shape index (κ1) is 11.8. The highest BCUT2D eigenvalue weighted by Crippen LogP contribution is 2.20. The zero-order chi connectivity index (χ0) is 10.8. The highest BCUT2D eigenvalue weighted by molar-refractivity contribution is 8.13. The molecule has 0 N–H and O–H groups in total. The van der Waals surface area contributed by atoms with E-state index in [0.29, 0.717) is 0 Å². The third-order valence-corrected chi connectivity index (χ3v) is 3.17. The van der Waals surface area contributed by atoms with E-state index in [2.05, 4.69) is 0 Å². The second-order valence-electron chi connectivity index (χ2n) is 2.69. The smallest absolute Gasteiger partial charge is 0.212 e. The van der Waals surface area contributed by atoms with Crippen LogP contribution in [0.25, 0.3) is 0 Å². The lowest BCUT2D eigenvalue weighted by molar-refractivity contribution is 0.602. The molecule has 78 valence electrons. The number of halogens is 3. The molecule has 0 aliphatic heterocycles. The zero-order valence-corrected chi connectivity index (χ0v) is 9.33. The molecule has 0 radical (unpaired) electrons. The van der Waals surface area contributed by atoms with Gasteiger partial charge in [-0.3, -0.25) is 0 Å². The summed E-state index contributed by atoms with van der Waals surface area (Å²) in [7, 11) is 1.39. The number of hydrogen-bond acceptors (Lipinski definition) is 2. The van der Waals surface area contributed by atoms with Crippen LogP contribution in [0.4, 0.5) is 4.39 Å². The molecule has 0 fully saturated rings. The Morgan fingerprint density at radius 2 is 2.00 bits per heavy atom. The van der Waals surface area contributed by atoms with Crippen LogP contribution in [0.3, 0.4) is 0 Å². The fourth-order valence-electron chi connectivity index (χ4n) is 0.995. The van der Waals surface area contributed by atoms with Gasteiger partial charge in [-0.2, -0.15) is 0 Å². The van der Waals surface area contributed by atoms with Crippen molar-refractivity contribution in [2.45, 2.75) is 6.42 Å². The summed E-state index contributed by atoms with van der Waals surface area (Å²) in [5.74, 6) is -0.840. The molecule has 0 heterocycles. The van der Waals surface area contributed by atoms with Gasteiger partial charge in [0.1, 0.15) is 5.82 Å². The molecule has 6 heteroatoms. The van der Waals surface area contributed by atoms with Gasteiger partial charge < -0.3 is 0 Å². The summed E-state index contributed by atoms with van der Waals surface area (Å²) in [6.45, 7) is 0. The Hall–Kier alpha value is -0.320. The maximum atomic E-state index is 13.1. The Morgan fingerprint density at radius 3 is 2.50 bits per heavy atom. The topological polar surface area (TPSA) is 34.1 Å². The molecule has 0 saturated carbocycles. The molecular formula is C8H7Cl2FO2S. The average molecular weight is 257 g/mol. The van der Waals surface area contributed by atoms with Crippen molar-refractivity contribution in [2.75, 3.05) is 5.75 Å². The molecule has 0 atom stereocenters. The molecule has 0 unspecified atom stereocenters. The average Bonchev–Trinajstić information content (AvgIpc) is 2.01. The van der Waals surface area contributed by atoms with Crippen molar-refractivity contribution in [1.29, 1.82) is 0 Å². The normalized spacial score (nSPS) is 11.6. The van der Waals surface area contributed by atoms with Crippen molar-refractivity contribution in [3.63, 3.8) is 0 Å². The van der Waals surface area contributed by atoms with Gasteiger partial charge in [0, 0.05) is 21.3 Å². The van der Waals surface area contributed by atoms with Gasteiger partial charge in [-0.05, 0) is 18.6 Å². The van der Waals surface area contributed by atoms with Crippen molar-refractivity contribution >= 4 is 31.3 Å². The van der Waals surface area contributed by atoms with E-state index in [-0.39, 0.29) is 22.8 Å². The summed E-state index contributed by atoms with van der Waals surface area (Å²) < 4.78 is 34.4. The largest absolute Gasteiger partial charge is 0.232 e. The molecule has 0 spiro atoms. The first-order chi connectivity index (χ1) is 6.40. The van der Waals surface area contributed by atoms with Crippen LogP contribution in [0.15, 0.2) is 18.2 Å². The van der Waals surface area contributed by atoms with Crippen molar-refractivity contribution in [2.24, 2.45) is 0 Å². The summed E-state index contributed by atoms with van der Waals surface area (Å²) >= 11 is 5.68. The van der Waals surface area contributed by atoms with Gasteiger partial charge in [0.05, 0.1) is 5.75 Å². The molecule has 0 aliphatic rings. The number of benzene rings is 1. The summed E-state index contributed by atoms with van der Waals surface area (Å²) in [6, 6.07) is 4.18. The SMILES string of the molecule is O=S(=O)(Cl)CCc1c(F)cccc1Cl. The van der Waals surface area contributed by atoms with Crippen LogP contribution in [0.1, 0.15) is 5.56 Å². The van der Waals surface area contributed by atoms with Crippen LogP contribution in [0.2, 0.25) is 5.02 Å². The maximum Gasteiger partial charge on any atom is 0.232 e. The Kier molecular flexibility index (Phi) is 3.75. The Balaban J connectivity index is 2.87. The fourth-order valence-corrected chi connectivity index (χ4v) is 1.93. The molecular weight excluding hydrogens is 250 g/mol. The summed E-state index contributed by atoms with van der Waals surface area (Å²) in [6.07, 6.45) is -0.0165. The second-order valence-corrected chi connectivity index (χ2v) is 6.00. The van der Waals surface area contributed by atoms with Gasteiger partial charge in [0.25, 0.3) is 0 Å². The Bertz CT molecular complexity index is 411. The quantitative estimate of drug-likeness (QED) is 0.780. The third-order valence-electron chi connectivity index (χ3n) is 1.66. The first-order valence-electron chi connectivity index (χ1n) is 3.75. The second kappa shape index (κ2) is 4.47. The van der Waals surface area contributed by atoms with Gasteiger partial charge in [0.2, 0.25) is 9.05 Å². The van der Waals surface area contributed by atoms with Crippen molar-refractivity contribution in [3.8, 4) is 0 Å². The third kappa shape index (κ3) is 3.44. The minimum absolute atomic E-state index is 0.0165. The predicted molar refractivity (Wildman–Crippen MR) is 54.8 cm³/mol. The molecule has 1 rings (SSSR count). The van der Waals surface area contributed by atoms with E-state index in [1.807, 2.05) is 0 Å². The lowest BCUT2D eigenvalue weighted by atomic mass is 10.1. The summed E-state index contributed by atoms with van der Waals surface area (Å²) in [5, 5.41) is 0.213. The highest BCUT2D eigenvalue weighted by Gasteiger charge is 2.11. The standard InChI is InChI=1S/C8H7Cl2FO2S/c9-7-2-1-3-8(11)6(7)4-5-14(10,12)13/h1-3H,4-5H2. The van der Waals surface area contributed by atoms with E-state index in [0.717, 1.165) is 0 Å². The van der Waals surface area contributed by atoms with Gasteiger partial charge in [-0.15, -0.1) is 0 Å². The zero-order valence-electron chi connectivity index (χ0n) is 7.00. The van der Waals surface area contributed by atoms with Crippen LogP contribution in [-0.4, -0.2) is 14.2 Å². The van der Waals surface area contributed by atoms with Crippen LogP contribution < -0.4 is 0 Å². The van der Waals surface area contributed by atoms with Gasteiger partial charge in [-0.1, -0.05) is 17.7 Å².